The third kappa shape index (κ3) is 2.57. The Bertz CT molecular complexity index is 386. The molecule has 0 saturated carbocycles. The van der Waals surface area contributed by atoms with Crippen molar-refractivity contribution < 1.29 is 17.9 Å². The van der Waals surface area contributed by atoms with E-state index in [2.05, 4.69) is 4.74 Å². The van der Waals surface area contributed by atoms with E-state index in [1.165, 1.54) is 0 Å². The molecule has 0 spiro atoms. The van der Waals surface area contributed by atoms with Crippen LogP contribution in [0.2, 0.25) is 0 Å². The number of nitrogens with one attached hydrogen (secondary N) is 1. The zero-order valence-corrected chi connectivity index (χ0v) is 8.95. The molecule has 0 aromatic heterocycles. The van der Waals surface area contributed by atoms with Crippen LogP contribution in [0.3, 0.4) is 0 Å². The van der Waals surface area contributed by atoms with E-state index in [0.29, 0.717) is 12.8 Å². The van der Waals surface area contributed by atoms with E-state index in [1.807, 2.05) is 6.07 Å². The minimum atomic E-state index is -3.95. The molecule has 1 heterocycles. The van der Waals surface area contributed by atoms with E-state index < -0.39 is 22.3 Å². The van der Waals surface area contributed by atoms with Crippen molar-refractivity contribution in [2.75, 3.05) is 13.7 Å². The SMILES string of the molecule is COC(=O)NS(=O)(=O)N1CCCC1C#N. The highest BCUT2D eigenvalue weighted by Crippen LogP contribution is 2.19. The molecule has 1 fully saturated rings. The van der Waals surface area contributed by atoms with Crippen LogP contribution < -0.4 is 4.72 Å². The summed E-state index contributed by atoms with van der Waals surface area (Å²) in [5, 5.41) is 8.69. The van der Waals surface area contributed by atoms with Gasteiger partial charge in [0, 0.05) is 6.54 Å². The Morgan fingerprint density at radius 3 is 2.87 bits per heavy atom. The lowest BCUT2D eigenvalue weighted by atomic mass is 10.2. The summed E-state index contributed by atoms with van der Waals surface area (Å²) in [5.74, 6) is 0. The average Bonchev–Trinajstić information content (AvgIpc) is 2.65. The van der Waals surface area contributed by atoms with Gasteiger partial charge < -0.3 is 4.74 Å². The normalized spacial score (nSPS) is 22.0. The first-order valence-electron chi connectivity index (χ1n) is 4.28. The summed E-state index contributed by atoms with van der Waals surface area (Å²) in [5.41, 5.74) is 0. The largest absolute Gasteiger partial charge is 0.452 e. The molecule has 0 aromatic rings. The Labute approximate surface area is 87.8 Å². The number of carbonyl (C=O) groups excluding carboxylic acids is 1. The van der Waals surface area contributed by atoms with Crippen LogP contribution in [0, 0.1) is 11.3 Å². The van der Waals surface area contributed by atoms with Crippen LogP contribution >= 0.6 is 0 Å². The monoisotopic (exact) mass is 233 g/mol. The second kappa shape index (κ2) is 4.46. The molecular weight excluding hydrogens is 222 g/mol. The van der Waals surface area contributed by atoms with Gasteiger partial charge in [0.1, 0.15) is 6.04 Å². The minimum Gasteiger partial charge on any atom is -0.452 e. The Kier molecular flexibility index (Phi) is 3.49. The van der Waals surface area contributed by atoms with Gasteiger partial charge in [0.15, 0.2) is 0 Å². The van der Waals surface area contributed by atoms with Crippen LogP contribution in [0.15, 0.2) is 0 Å². The van der Waals surface area contributed by atoms with Crippen molar-refractivity contribution in [3.05, 3.63) is 0 Å². The van der Waals surface area contributed by atoms with Gasteiger partial charge in [-0.05, 0) is 12.8 Å². The van der Waals surface area contributed by atoms with Crippen LogP contribution in [0.1, 0.15) is 12.8 Å². The van der Waals surface area contributed by atoms with Gasteiger partial charge in [-0.1, -0.05) is 0 Å². The number of ether oxygens (including phenoxy) is 1. The Morgan fingerprint density at radius 1 is 1.67 bits per heavy atom. The molecule has 1 amide bonds. The van der Waals surface area contributed by atoms with E-state index >= 15 is 0 Å². The van der Waals surface area contributed by atoms with Crippen molar-refractivity contribution >= 4 is 16.3 Å². The highest BCUT2D eigenvalue weighted by Gasteiger charge is 2.35. The minimum absolute atomic E-state index is 0.241. The van der Waals surface area contributed by atoms with Crippen LogP contribution in [-0.2, 0) is 14.9 Å². The summed E-state index contributed by atoms with van der Waals surface area (Å²) in [4.78, 5) is 10.8. The first-order valence-corrected chi connectivity index (χ1v) is 5.72. The van der Waals surface area contributed by atoms with Gasteiger partial charge in [0.2, 0.25) is 0 Å². The van der Waals surface area contributed by atoms with Gasteiger partial charge in [-0.3, -0.25) is 0 Å². The van der Waals surface area contributed by atoms with Gasteiger partial charge in [-0.25, -0.2) is 9.52 Å². The maximum atomic E-state index is 11.5. The number of carbonyl (C=O) groups is 1. The smallest absolute Gasteiger partial charge is 0.421 e. The van der Waals surface area contributed by atoms with Crippen molar-refractivity contribution in [1.29, 1.82) is 5.26 Å². The summed E-state index contributed by atoms with van der Waals surface area (Å²) < 4.78 is 29.9. The van der Waals surface area contributed by atoms with Gasteiger partial charge in [0.05, 0.1) is 13.2 Å². The number of hydrogen-bond acceptors (Lipinski definition) is 5. The molecule has 1 aliphatic heterocycles. The molecule has 7 nitrogen and oxygen atoms in total. The summed E-state index contributed by atoms with van der Waals surface area (Å²) in [7, 11) is -2.88. The van der Waals surface area contributed by atoms with Crippen molar-refractivity contribution in [2.45, 2.75) is 18.9 Å². The molecule has 0 bridgehead atoms. The summed E-state index contributed by atoms with van der Waals surface area (Å²) >= 11 is 0. The molecule has 1 unspecified atom stereocenters. The molecule has 15 heavy (non-hydrogen) atoms. The van der Waals surface area contributed by atoms with E-state index in [1.54, 1.807) is 4.72 Å². The predicted molar refractivity (Wildman–Crippen MR) is 49.8 cm³/mol. The van der Waals surface area contributed by atoms with Crippen molar-refractivity contribution in [2.24, 2.45) is 0 Å². The highest BCUT2D eigenvalue weighted by molar-refractivity contribution is 7.87. The molecule has 1 rings (SSSR count). The van der Waals surface area contributed by atoms with E-state index in [4.69, 9.17) is 5.26 Å². The average molecular weight is 233 g/mol. The van der Waals surface area contributed by atoms with Gasteiger partial charge in [-0.2, -0.15) is 18.0 Å². The quantitative estimate of drug-likeness (QED) is 0.698. The lowest BCUT2D eigenvalue weighted by Gasteiger charge is -2.18. The lowest BCUT2D eigenvalue weighted by Crippen LogP contribution is -2.45. The molecular formula is C7H11N3O4S. The van der Waals surface area contributed by atoms with E-state index in [-0.39, 0.29) is 6.54 Å². The molecule has 8 heteroatoms. The van der Waals surface area contributed by atoms with Crippen molar-refractivity contribution in [3.8, 4) is 6.07 Å². The Hall–Kier alpha value is -1.33. The molecule has 1 atom stereocenters. The van der Waals surface area contributed by atoms with Gasteiger partial charge in [0.25, 0.3) is 0 Å². The standard InChI is InChI=1S/C7H11N3O4S/c1-14-7(11)9-15(12,13)10-4-2-3-6(10)5-8/h6H,2-4H2,1H3,(H,9,11). The molecule has 84 valence electrons. The molecule has 0 aliphatic carbocycles. The zero-order valence-electron chi connectivity index (χ0n) is 8.13. The number of nitrogens with zero attached hydrogens (tertiary/aromatic N) is 2. The number of amides is 1. The first-order chi connectivity index (χ1) is 7.01. The zero-order chi connectivity index (χ0) is 11.5. The van der Waals surface area contributed by atoms with Crippen LogP contribution in [0.4, 0.5) is 4.79 Å². The molecule has 0 radical (unpaired) electrons. The summed E-state index contributed by atoms with van der Waals surface area (Å²) in [6.45, 7) is 0.241. The third-order valence-corrected chi connectivity index (χ3v) is 3.54. The van der Waals surface area contributed by atoms with Gasteiger partial charge >= 0.3 is 16.3 Å². The van der Waals surface area contributed by atoms with E-state index in [0.717, 1.165) is 11.4 Å². The topological polar surface area (TPSA) is 99.5 Å². The van der Waals surface area contributed by atoms with Crippen LogP contribution in [-0.4, -0.2) is 38.5 Å². The number of rotatable bonds is 2. The number of hydrogen-bond donors (Lipinski definition) is 1. The second-order valence-electron chi connectivity index (χ2n) is 3.00. The second-order valence-corrected chi connectivity index (χ2v) is 4.62. The number of methoxy groups -OCH3 is 1. The van der Waals surface area contributed by atoms with Crippen molar-refractivity contribution in [1.82, 2.24) is 9.03 Å². The first kappa shape index (κ1) is 11.7. The molecule has 1 aliphatic rings. The Morgan fingerprint density at radius 2 is 2.33 bits per heavy atom. The van der Waals surface area contributed by atoms with E-state index in [9.17, 15) is 13.2 Å². The maximum absolute atomic E-state index is 11.5. The fraction of sp³-hybridized carbons (Fsp3) is 0.714. The fourth-order valence-corrected chi connectivity index (χ4v) is 2.63. The van der Waals surface area contributed by atoms with Crippen molar-refractivity contribution in [3.63, 3.8) is 0 Å². The van der Waals surface area contributed by atoms with Crippen LogP contribution in [0.25, 0.3) is 0 Å². The molecule has 1 saturated heterocycles. The number of nitriles is 1. The summed E-state index contributed by atoms with van der Waals surface area (Å²) in [6.07, 6.45) is 0.0393. The molecule has 1 N–H and O–H groups in total. The van der Waals surface area contributed by atoms with Crippen LogP contribution in [0.5, 0.6) is 0 Å². The lowest BCUT2D eigenvalue weighted by molar-refractivity contribution is 0.177. The summed E-state index contributed by atoms with van der Waals surface area (Å²) in [6, 6.07) is 1.16. The Balaban J connectivity index is 2.78. The maximum Gasteiger partial charge on any atom is 0.421 e. The molecule has 0 aromatic carbocycles. The highest BCUT2D eigenvalue weighted by atomic mass is 32.2. The predicted octanol–water partition coefficient (Wildman–Crippen LogP) is -0.425. The fourth-order valence-electron chi connectivity index (χ4n) is 1.36. The van der Waals surface area contributed by atoms with Gasteiger partial charge in [-0.15, -0.1) is 0 Å². The third-order valence-electron chi connectivity index (χ3n) is 2.06.